The number of hydrogen-bond donors (Lipinski definition) is 1. The molecule has 0 unspecified atom stereocenters. The third-order valence-corrected chi connectivity index (χ3v) is 9.32. The van der Waals surface area contributed by atoms with Crippen molar-refractivity contribution in [1.82, 2.24) is 20.1 Å². The molecular weight excluding hydrogens is 489 g/mol. The summed E-state index contributed by atoms with van der Waals surface area (Å²) >= 11 is 0. The summed E-state index contributed by atoms with van der Waals surface area (Å²) < 4.78 is 45.2. The van der Waals surface area contributed by atoms with Gasteiger partial charge < -0.3 is 14.6 Å². The Morgan fingerprint density at radius 2 is 2.06 bits per heavy atom. The van der Waals surface area contributed by atoms with Gasteiger partial charge in [0.25, 0.3) is 17.3 Å². The Morgan fingerprint density at radius 1 is 1.33 bits per heavy atom. The number of carbonyl (C=O) groups is 1. The minimum Gasteiger partial charge on any atom is -0.473 e. The van der Waals surface area contributed by atoms with Crippen molar-refractivity contribution in [2.75, 3.05) is 6.61 Å². The first-order valence-electron chi connectivity index (χ1n) is 11.2. The lowest BCUT2D eigenvalue weighted by Crippen LogP contribution is -2.36. The molecular formula is C24H24FN5O5S. The van der Waals surface area contributed by atoms with Gasteiger partial charge in [-0.15, -0.1) is 5.10 Å². The Morgan fingerprint density at radius 3 is 2.67 bits per heavy atom. The zero-order valence-corrected chi connectivity index (χ0v) is 20.7. The Kier molecular flexibility index (Phi) is 6.53. The number of amides is 1. The molecule has 1 aromatic carbocycles. The topological polar surface area (TPSA) is 144 Å². The second-order valence-corrected chi connectivity index (χ2v) is 11.9. The van der Waals surface area contributed by atoms with Crippen molar-refractivity contribution in [3.63, 3.8) is 0 Å². The van der Waals surface area contributed by atoms with Gasteiger partial charge in [0.05, 0.1) is 17.0 Å². The van der Waals surface area contributed by atoms with Gasteiger partial charge in [0, 0.05) is 19.0 Å². The van der Waals surface area contributed by atoms with E-state index in [0.29, 0.717) is 23.8 Å². The Labute approximate surface area is 206 Å². The van der Waals surface area contributed by atoms with Crippen LogP contribution in [-0.2, 0) is 23.4 Å². The number of nitrogens with zero attached hydrogens (tertiary/aromatic N) is 4. The highest BCUT2D eigenvalue weighted by Crippen LogP contribution is 2.46. The number of pyridine rings is 1. The van der Waals surface area contributed by atoms with Crippen LogP contribution in [0.1, 0.15) is 48.2 Å². The van der Waals surface area contributed by atoms with Crippen LogP contribution in [0.5, 0.6) is 5.88 Å². The summed E-state index contributed by atoms with van der Waals surface area (Å²) in [7, 11) is -1.95. The van der Waals surface area contributed by atoms with Gasteiger partial charge in [0.2, 0.25) is 0 Å². The van der Waals surface area contributed by atoms with Crippen LogP contribution in [0.2, 0.25) is 0 Å². The zero-order chi connectivity index (χ0) is 26.3. The third-order valence-electron chi connectivity index (χ3n) is 6.35. The van der Waals surface area contributed by atoms with Crippen LogP contribution in [0, 0.1) is 17.1 Å². The molecule has 2 heterocycles. The smallest absolute Gasteiger partial charge is 0.263 e. The molecule has 0 radical (unpaired) electrons. The van der Waals surface area contributed by atoms with Crippen molar-refractivity contribution in [2.24, 2.45) is 7.05 Å². The first-order chi connectivity index (χ1) is 17.0. The maximum Gasteiger partial charge on any atom is 0.263 e. The number of aryl methyl sites for hydroxylation is 1. The van der Waals surface area contributed by atoms with E-state index >= 15 is 0 Å². The Hall–Kier alpha value is -3.85. The molecule has 36 heavy (non-hydrogen) atoms. The Balaban J connectivity index is 1.58. The number of sulfone groups is 1. The summed E-state index contributed by atoms with van der Waals surface area (Å²) in [5.41, 5.74) is -0.205. The normalized spacial score (nSPS) is 14.4. The molecule has 1 aliphatic carbocycles. The van der Waals surface area contributed by atoms with Crippen molar-refractivity contribution in [3.8, 4) is 11.9 Å². The number of benzene rings is 1. The van der Waals surface area contributed by atoms with E-state index in [-0.39, 0.29) is 35.7 Å². The first-order valence-corrected chi connectivity index (χ1v) is 12.7. The maximum absolute atomic E-state index is 13.8. The van der Waals surface area contributed by atoms with E-state index in [4.69, 9.17) is 10.00 Å². The van der Waals surface area contributed by atoms with Crippen molar-refractivity contribution in [3.05, 3.63) is 63.3 Å². The molecule has 10 nitrogen and oxygen atoms in total. The predicted molar refractivity (Wildman–Crippen MR) is 129 cm³/mol. The van der Waals surface area contributed by atoms with Gasteiger partial charge in [-0.2, -0.15) is 10.4 Å². The number of fused-ring (bicyclic) bond motifs is 1. The van der Waals surface area contributed by atoms with E-state index in [1.165, 1.54) is 36.0 Å². The van der Waals surface area contributed by atoms with Crippen LogP contribution in [0.4, 0.5) is 4.39 Å². The number of carbonyl (C=O) groups excluding carboxylic acids is 1. The second-order valence-electron chi connectivity index (χ2n) is 9.05. The molecule has 1 N–H and O–H groups in total. The molecule has 188 valence electrons. The average Bonchev–Trinajstić information content (AvgIpc) is 3.65. The summed E-state index contributed by atoms with van der Waals surface area (Å²) in [6.45, 7) is 3.08. The average molecular weight is 514 g/mol. The van der Waals surface area contributed by atoms with E-state index in [9.17, 15) is 22.4 Å². The van der Waals surface area contributed by atoms with E-state index in [1.54, 1.807) is 19.9 Å². The number of aromatic nitrogens is 3. The van der Waals surface area contributed by atoms with Gasteiger partial charge >= 0.3 is 0 Å². The summed E-state index contributed by atoms with van der Waals surface area (Å²) in [5.74, 6) is -1.38. The van der Waals surface area contributed by atoms with Crippen molar-refractivity contribution in [2.45, 2.75) is 43.2 Å². The number of ether oxygens (including phenoxy) is 1. The number of hydrogen-bond acceptors (Lipinski definition) is 8. The van der Waals surface area contributed by atoms with E-state index < -0.39 is 37.1 Å². The molecule has 3 aromatic rings. The lowest BCUT2D eigenvalue weighted by molar-refractivity contribution is 0.0949. The van der Waals surface area contributed by atoms with Crippen LogP contribution in [0.3, 0.4) is 0 Å². The van der Waals surface area contributed by atoms with Gasteiger partial charge in [-0.05, 0) is 50.5 Å². The number of nitrogens with one attached hydrogen (secondary N) is 1. The molecule has 0 spiro atoms. The number of nitriles is 1. The molecule has 1 fully saturated rings. The van der Waals surface area contributed by atoms with Gasteiger partial charge in [-0.25, -0.2) is 12.8 Å². The highest BCUT2D eigenvalue weighted by molar-refractivity contribution is 7.93. The third kappa shape index (κ3) is 4.42. The summed E-state index contributed by atoms with van der Waals surface area (Å²) in [6.07, 6.45) is 2.34. The molecule has 1 amide bonds. The Bertz CT molecular complexity index is 1570. The molecule has 1 aliphatic rings. The van der Waals surface area contributed by atoms with E-state index in [0.717, 1.165) is 6.07 Å². The number of halogens is 1. The number of rotatable bonds is 8. The summed E-state index contributed by atoms with van der Waals surface area (Å²) in [5, 5.41) is 19.1. The predicted octanol–water partition coefficient (Wildman–Crippen LogP) is 2.00. The van der Waals surface area contributed by atoms with Crippen LogP contribution in [0.25, 0.3) is 10.9 Å². The van der Waals surface area contributed by atoms with Crippen molar-refractivity contribution in [1.29, 1.82) is 5.26 Å². The van der Waals surface area contributed by atoms with Gasteiger partial charge in [0.1, 0.15) is 34.3 Å². The first kappa shape index (κ1) is 25.2. The molecule has 0 atom stereocenters. The molecule has 0 aliphatic heterocycles. The highest BCUT2D eigenvalue weighted by atomic mass is 32.2. The second kappa shape index (κ2) is 9.31. The molecule has 0 saturated heterocycles. The van der Waals surface area contributed by atoms with E-state index in [2.05, 4.69) is 15.5 Å². The lowest BCUT2D eigenvalue weighted by Gasteiger charge is -2.20. The largest absolute Gasteiger partial charge is 0.473 e. The maximum atomic E-state index is 13.8. The van der Waals surface area contributed by atoms with Crippen molar-refractivity contribution < 1.29 is 22.3 Å². The highest BCUT2D eigenvalue weighted by Gasteiger charge is 2.56. The van der Waals surface area contributed by atoms with Gasteiger partial charge in [-0.1, -0.05) is 6.07 Å². The molecule has 4 rings (SSSR count). The minimum absolute atomic E-state index is 0.00246. The standard InChI is InChI=1S/C24H24FN5O5S/c1-14(2)36(33,34)24(6-7-24)13-35-22-20-17(12-28-29-22)9-18(23(32)30(20)3)21(31)27-11-15-4-5-16(10-26)19(25)8-15/h4-5,8-9,12,14H,6-7,11,13H2,1-3H3,(H,27,31). The summed E-state index contributed by atoms with van der Waals surface area (Å²) in [6, 6.07) is 7.03. The quantitative estimate of drug-likeness (QED) is 0.482. The van der Waals surface area contributed by atoms with E-state index in [1.807, 2.05) is 0 Å². The van der Waals surface area contributed by atoms with Crippen LogP contribution in [0.15, 0.2) is 35.3 Å². The molecule has 2 aromatic heterocycles. The van der Waals surface area contributed by atoms with Crippen molar-refractivity contribution >= 4 is 26.6 Å². The van der Waals surface area contributed by atoms with Gasteiger partial charge in [0.15, 0.2) is 9.84 Å². The molecule has 0 bridgehead atoms. The summed E-state index contributed by atoms with van der Waals surface area (Å²) in [4.78, 5) is 25.8. The SMILES string of the molecule is CC(C)S(=O)(=O)C1(COc2nncc3cc(C(=O)NCc4ccc(C#N)c(F)c4)c(=O)n(C)c23)CC1. The van der Waals surface area contributed by atoms with Crippen LogP contribution < -0.4 is 15.6 Å². The van der Waals surface area contributed by atoms with Crippen LogP contribution in [-0.4, -0.2) is 45.7 Å². The lowest BCUT2D eigenvalue weighted by atomic mass is 10.1. The molecule has 1 saturated carbocycles. The monoisotopic (exact) mass is 513 g/mol. The zero-order valence-electron chi connectivity index (χ0n) is 19.9. The van der Waals surface area contributed by atoms with Gasteiger partial charge in [-0.3, -0.25) is 9.59 Å². The fraction of sp³-hybridized carbons (Fsp3) is 0.375. The van der Waals surface area contributed by atoms with Crippen LogP contribution >= 0.6 is 0 Å². The minimum atomic E-state index is -3.39. The fourth-order valence-electron chi connectivity index (χ4n) is 3.96. The fourth-order valence-corrected chi connectivity index (χ4v) is 5.86. The molecule has 12 heteroatoms.